The van der Waals surface area contributed by atoms with E-state index in [1.807, 2.05) is 4.90 Å². The first kappa shape index (κ1) is 21.1. The number of anilines is 2. The summed E-state index contributed by atoms with van der Waals surface area (Å²) in [5.41, 5.74) is -0.0814. The molecule has 2 aromatic rings. The number of carbonyl (C=O) groups excluding carboxylic acids is 2. The summed E-state index contributed by atoms with van der Waals surface area (Å²) >= 11 is 0. The van der Waals surface area contributed by atoms with Crippen molar-refractivity contribution < 1.29 is 27.2 Å². The molecular formula is C22H21F4N3O2. The van der Waals surface area contributed by atoms with Crippen molar-refractivity contribution in [1.29, 1.82) is 0 Å². The van der Waals surface area contributed by atoms with E-state index >= 15 is 0 Å². The van der Waals surface area contributed by atoms with Crippen molar-refractivity contribution in [2.24, 2.45) is 5.92 Å². The van der Waals surface area contributed by atoms with Gasteiger partial charge in [0.25, 0.3) is 0 Å². The summed E-state index contributed by atoms with van der Waals surface area (Å²) in [6, 6.07) is 11.1. The van der Waals surface area contributed by atoms with Crippen molar-refractivity contribution in [2.75, 3.05) is 42.5 Å². The molecule has 2 aliphatic rings. The first-order chi connectivity index (χ1) is 14.7. The minimum Gasteiger partial charge on any atom is -0.368 e. The number of nitrogens with zero attached hydrogens (tertiary/aromatic N) is 3. The van der Waals surface area contributed by atoms with Crippen LogP contribution in [0.25, 0.3) is 0 Å². The van der Waals surface area contributed by atoms with Crippen LogP contribution in [-0.2, 0) is 15.8 Å². The summed E-state index contributed by atoms with van der Waals surface area (Å²) in [5, 5.41) is 0. The number of rotatable bonds is 3. The highest BCUT2D eigenvalue weighted by Crippen LogP contribution is 2.32. The van der Waals surface area contributed by atoms with Gasteiger partial charge in [-0.05, 0) is 30.3 Å². The van der Waals surface area contributed by atoms with Gasteiger partial charge in [-0.15, -0.1) is 0 Å². The molecule has 0 bridgehead atoms. The van der Waals surface area contributed by atoms with E-state index in [4.69, 9.17) is 0 Å². The van der Waals surface area contributed by atoms with E-state index in [0.29, 0.717) is 31.9 Å². The highest BCUT2D eigenvalue weighted by molar-refractivity contribution is 6.00. The first-order valence-corrected chi connectivity index (χ1v) is 10.00. The Balaban J connectivity index is 1.38. The van der Waals surface area contributed by atoms with Crippen LogP contribution in [0.5, 0.6) is 0 Å². The molecule has 2 heterocycles. The van der Waals surface area contributed by atoms with Gasteiger partial charge in [0.15, 0.2) is 0 Å². The molecule has 5 nitrogen and oxygen atoms in total. The van der Waals surface area contributed by atoms with Crippen molar-refractivity contribution in [3.8, 4) is 0 Å². The van der Waals surface area contributed by atoms with Gasteiger partial charge in [0, 0.05) is 44.8 Å². The van der Waals surface area contributed by atoms with E-state index in [1.54, 1.807) is 17.0 Å². The van der Waals surface area contributed by atoms with E-state index in [0.717, 1.165) is 12.1 Å². The van der Waals surface area contributed by atoms with E-state index in [2.05, 4.69) is 0 Å². The molecule has 1 atom stereocenters. The number of amides is 2. The molecule has 0 N–H and O–H groups in total. The maximum Gasteiger partial charge on any atom is 0.416 e. The maximum atomic E-state index is 14.0. The first-order valence-electron chi connectivity index (χ1n) is 10.00. The van der Waals surface area contributed by atoms with Crippen LogP contribution in [-0.4, -0.2) is 49.4 Å². The number of piperazine rings is 1. The predicted molar refractivity (Wildman–Crippen MR) is 107 cm³/mol. The number of halogens is 4. The number of carbonyl (C=O) groups is 2. The normalized spacial score (nSPS) is 19.8. The SMILES string of the molecule is O=C([C@@H]1CC(=O)N(c2ccccc2F)C1)N1CCN(c2cccc(C(F)(F)F)c2)CC1. The fraction of sp³-hybridized carbons (Fsp3) is 0.364. The van der Waals surface area contributed by atoms with Gasteiger partial charge in [0.2, 0.25) is 11.8 Å². The Morgan fingerprint density at radius 2 is 1.68 bits per heavy atom. The molecule has 9 heteroatoms. The van der Waals surface area contributed by atoms with E-state index in [1.165, 1.54) is 29.2 Å². The van der Waals surface area contributed by atoms with Crippen molar-refractivity contribution in [3.05, 3.63) is 59.9 Å². The summed E-state index contributed by atoms with van der Waals surface area (Å²) < 4.78 is 52.9. The summed E-state index contributed by atoms with van der Waals surface area (Å²) in [4.78, 5) is 30.0. The quantitative estimate of drug-likeness (QED) is 0.693. The van der Waals surface area contributed by atoms with Gasteiger partial charge in [-0.25, -0.2) is 4.39 Å². The molecule has 0 saturated carbocycles. The molecule has 4 rings (SSSR count). The van der Waals surface area contributed by atoms with E-state index in [9.17, 15) is 27.2 Å². The van der Waals surface area contributed by atoms with E-state index < -0.39 is 23.5 Å². The Morgan fingerprint density at radius 1 is 0.968 bits per heavy atom. The third-order valence-electron chi connectivity index (χ3n) is 5.75. The molecule has 2 amide bonds. The molecule has 0 spiro atoms. The summed E-state index contributed by atoms with van der Waals surface area (Å²) in [5.74, 6) is -1.56. The lowest BCUT2D eigenvalue weighted by Crippen LogP contribution is -2.50. The second-order valence-corrected chi connectivity index (χ2v) is 7.72. The molecule has 0 radical (unpaired) electrons. The van der Waals surface area contributed by atoms with Crippen LogP contribution in [0.2, 0.25) is 0 Å². The zero-order valence-corrected chi connectivity index (χ0v) is 16.6. The van der Waals surface area contributed by atoms with Crippen LogP contribution in [0, 0.1) is 11.7 Å². The molecule has 0 aromatic heterocycles. The molecule has 0 unspecified atom stereocenters. The molecular weight excluding hydrogens is 414 g/mol. The van der Waals surface area contributed by atoms with Gasteiger partial charge < -0.3 is 14.7 Å². The van der Waals surface area contributed by atoms with Gasteiger partial charge in [-0.1, -0.05) is 18.2 Å². The average Bonchev–Trinajstić information content (AvgIpc) is 3.14. The number of benzene rings is 2. The van der Waals surface area contributed by atoms with Gasteiger partial charge >= 0.3 is 6.18 Å². The van der Waals surface area contributed by atoms with Gasteiger partial charge in [-0.2, -0.15) is 13.2 Å². The third-order valence-corrected chi connectivity index (χ3v) is 5.75. The maximum absolute atomic E-state index is 14.0. The van der Waals surface area contributed by atoms with Crippen molar-refractivity contribution in [2.45, 2.75) is 12.6 Å². The molecule has 2 aromatic carbocycles. The molecule has 0 aliphatic carbocycles. The third kappa shape index (κ3) is 4.35. The topological polar surface area (TPSA) is 43.9 Å². The van der Waals surface area contributed by atoms with Crippen molar-refractivity contribution in [1.82, 2.24) is 4.90 Å². The highest BCUT2D eigenvalue weighted by Gasteiger charge is 2.39. The van der Waals surface area contributed by atoms with Crippen LogP contribution in [0.15, 0.2) is 48.5 Å². The fourth-order valence-electron chi connectivity index (χ4n) is 4.10. The van der Waals surface area contributed by atoms with Crippen LogP contribution in [0.1, 0.15) is 12.0 Å². The minimum absolute atomic E-state index is 0.0149. The number of para-hydroxylation sites is 1. The van der Waals surface area contributed by atoms with Gasteiger partial charge in [0.05, 0.1) is 17.2 Å². The highest BCUT2D eigenvalue weighted by atomic mass is 19.4. The minimum atomic E-state index is -4.41. The van der Waals surface area contributed by atoms with Crippen molar-refractivity contribution in [3.63, 3.8) is 0 Å². The van der Waals surface area contributed by atoms with Crippen LogP contribution in [0.4, 0.5) is 28.9 Å². The van der Waals surface area contributed by atoms with Crippen LogP contribution in [0.3, 0.4) is 0 Å². The summed E-state index contributed by atoms with van der Waals surface area (Å²) in [7, 11) is 0. The lowest BCUT2D eigenvalue weighted by atomic mass is 10.1. The second-order valence-electron chi connectivity index (χ2n) is 7.72. The monoisotopic (exact) mass is 435 g/mol. The standard InChI is InChI=1S/C22H21F4N3O2/c23-18-6-1-2-7-19(18)29-14-15(12-20(29)30)21(31)28-10-8-27(9-11-28)17-5-3-4-16(13-17)22(24,25)26/h1-7,13,15H,8-12,14H2/t15-/m1/s1. The second kappa shape index (κ2) is 8.20. The lowest BCUT2D eigenvalue weighted by molar-refractivity contribution is -0.137. The predicted octanol–water partition coefficient (Wildman–Crippen LogP) is 3.55. The molecule has 2 aliphatic heterocycles. The van der Waals surface area contributed by atoms with Gasteiger partial charge in [0.1, 0.15) is 5.82 Å². The van der Waals surface area contributed by atoms with Crippen molar-refractivity contribution >= 4 is 23.2 Å². The number of hydrogen-bond acceptors (Lipinski definition) is 3. The summed E-state index contributed by atoms with van der Waals surface area (Å²) in [6.45, 7) is 1.60. The van der Waals surface area contributed by atoms with Crippen LogP contribution >= 0.6 is 0 Å². The fourth-order valence-corrected chi connectivity index (χ4v) is 4.10. The summed E-state index contributed by atoms with van der Waals surface area (Å²) in [6.07, 6.45) is -4.39. The molecule has 164 valence electrons. The average molecular weight is 435 g/mol. The van der Waals surface area contributed by atoms with Gasteiger partial charge in [-0.3, -0.25) is 9.59 Å². The Bertz CT molecular complexity index is 987. The molecule has 2 fully saturated rings. The Hall–Kier alpha value is -3.10. The number of hydrogen-bond donors (Lipinski definition) is 0. The smallest absolute Gasteiger partial charge is 0.368 e. The molecule has 31 heavy (non-hydrogen) atoms. The zero-order chi connectivity index (χ0) is 22.2. The molecule has 2 saturated heterocycles. The lowest BCUT2D eigenvalue weighted by Gasteiger charge is -2.37. The Morgan fingerprint density at radius 3 is 2.35 bits per heavy atom. The Labute approximate surface area is 176 Å². The Kier molecular flexibility index (Phi) is 5.60. The van der Waals surface area contributed by atoms with E-state index in [-0.39, 0.29) is 30.5 Å². The number of alkyl halides is 3. The zero-order valence-electron chi connectivity index (χ0n) is 16.6. The van der Waals surface area contributed by atoms with Crippen LogP contribution < -0.4 is 9.80 Å². The largest absolute Gasteiger partial charge is 0.416 e.